The Morgan fingerprint density at radius 2 is 1.84 bits per heavy atom. The average molecular weight is 644 g/mol. The normalized spacial score (nSPS) is 25.2. The minimum Gasteiger partial charge on any atom is -0.462 e. The number of hydrogen-bond donors (Lipinski definition) is 2. The number of aryl methyl sites for hydroxylation is 1. The van der Waals surface area contributed by atoms with Gasteiger partial charge in [0.2, 0.25) is 11.8 Å². The lowest BCUT2D eigenvalue weighted by atomic mass is 9.79. The molecule has 0 bridgehead atoms. The summed E-state index contributed by atoms with van der Waals surface area (Å²) >= 11 is 1.42. The van der Waals surface area contributed by atoms with Gasteiger partial charge in [-0.15, -0.1) is 11.8 Å². The van der Waals surface area contributed by atoms with Crippen LogP contribution in [0.3, 0.4) is 0 Å². The molecule has 2 fully saturated rings. The van der Waals surface area contributed by atoms with Crippen LogP contribution in [-0.2, 0) is 30.4 Å². The van der Waals surface area contributed by atoms with Crippen LogP contribution in [0.5, 0.6) is 0 Å². The Hall–Kier alpha value is -3.88. The highest BCUT2D eigenvalue weighted by molar-refractivity contribution is 8.03. The summed E-state index contributed by atoms with van der Waals surface area (Å²) < 4.78 is 20.7. The van der Waals surface area contributed by atoms with Gasteiger partial charge in [-0.05, 0) is 52.3 Å². The van der Waals surface area contributed by atoms with Crippen LogP contribution >= 0.6 is 11.8 Å². The molecule has 2 amide bonds. The number of hydrogen-bond acceptors (Lipinski definition) is 12. The second-order valence-corrected chi connectivity index (χ2v) is 12.7. The average Bonchev–Trinajstić information content (AvgIpc) is 3.60. The number of nitrogens with zero attached hydrogens (tertiary/aromatic N) is 2. The summed E-state index contributed by atoms with van der Waals surface area (Å²) in [7, 11) is 0. The molecule has 3 aliphatic rings. The fourth-order valence-corrected chi connectivity index (χ4v) is 7.86. The van der Waals surface area contributed by atoms with E-state index in [2.05, 4.69) is 5.32 Å². The molecule has 2 N–H and O–H groups in total. The second kappa shape index (κ2) is 13.2. The van der Waals surface area contributed by atoms with Gasteiger partial charge < -0.3 is 33.6 Å². The minimum atomic E-state index is -0.876. The molecular formula is C31H37N3O10S. The lowest BCUT2D eigenvalue weighted by Gasteiger charge is -2.46. The van der Waals surface area contributed by atoms with Crippen molar-refractivity contribution in [3.8, 4) is 0 Å². The summed E-state index contributed by atoms with van der Waals surface area (Å²) in [6.45, 7) is 9.34. The van der Waals surface area contributed by atoms with Gasteiger partial charge in [-0.1, -0.05) is 13.0 Å². The first-order chi connectivity index (χ1) is 21.4. The van der Waals surface area contributed by atoms with Crippen LogP contribution < -0.4 is 11.1 Å². The highest BCUT2D eigenvalue weighted by Gasteiger charge is 2.60. The monoisotopic (exact) mass is 643 g/mol. The van der Waals surface area contributed by atoms with Crippen LogP contribution in [0.2, 0.25) is 0 Å². The molecule has 45 heavy (non-hydrogen) atoms. The number of rotatable bonds is 11. The lowest BCUT2D eigenvalue weighted by molar-refractivity contribution is -0.164. The summed E-state index contributed by atoms with van der Waals surface area (Å²) in [5.74, 6) is -2.87. The zero-order valence-electron chi connectivity index (χ0n) is 25.7. The SMILES string of the molecule is CCOC(=O)C1=C(S[C@H]2C[C@@H](C(=O)Nc3cccc(C(=O)OCC)c3)N(Cc3oc(=O)oc3C)C2)[C@H](C)[C@@H]2[C@@H]([C@@H](C)O)C(=O)N12. The summed E-state index contributed by atoms with van der Waals surface area (Å²) in [4.78, 5) is 67.8. The first kappa shape index (κ1) is 32.5. The molecule has 0 spiro atoms. The van der Waals surface area contributed by atoms with E-state index in [1.54, 1.807) is 45.9 Å². The highest BCUT2D eigenvalue weighted by atomic mass is 32.2. The van der Waals surface area contributed by atoms with Gasteiger partial charge in [0, 0.05) is 28.3 Å². The fraction of sp³-hybridized carbons (Fsp3) is 0.516. The van der Waals surface area contributed by atoms with E-state index in [4.69, 9.17) is 18.3 Å². The van der Waals surface area contributed by atoms with Gasteiger partial charge in [-0.3, -0.25) is 14.5 Å². The number of aliphatic hydroxyl groups is 1. The smallest absolute Gasteiger partial charge is 0.462 e. The summed E-state index contributed by atoms with van der Waals surface area (Å²) in [5.41, 5.74) is 0.898. The predicted molar refractivity (Wildman–Crippen MR) is 162 cm³/mol. The first-order valence-corrected chi connectivity index (χ1v) is 15.8. The molecule has 0 radical (unpaired) electrons. The maximum atomic E-state index is 13.7. The van der Waals surface area contributed by atoms with E-state index in [-0.39, 0.29) is 54.5 Å². The van der Waals surface area contributed by atoms with E-state index in [0.717, 1.165) is 0 Å². The summed E-state index contributed by atoms with van der Waals surface area (Å²) in [6, 6.07) is 5.40. The number of esters is 2. The van der Waals surface area contributed by atoms with E-state index in [0.29, 0.717) is 40.6 Å². The molecule has 0 unspecified atom stereocenters. The quantitative estimate of drug-likeness (QED) is 0.272. The summed E-state index contributed by atoms with van der Waals surface area (Å²) in [6.07, 6.45) is -0.515. The van der Waals surface area contributed by atoms with Crippen LogP contribution in [0.4, 0.5) is 5.69 Å². The van der Waals surface area contributed by atoms with Crippen molar-refractivity contribution in [3.05, 3.63) is 62.6 Å². The zero-order chi connectivity index (χ0) is 32.6. The van der Waals surface area contributed by atoms with Gasteiger partial charge in [-0.25, -0.2) is 14.4 Å². The van der Waals surface area contributed by atoms with Crippen LogP contribution in [-0.4, -0.2) is 81.9 Å². The van der Waals surface area contributed by atoms with Gasteiger partial charge >= 0.3 is 17.8 Å². The molecule has 1 aromatic carbocycles. The minimum absolute atomic E-state index is 0.117. The van der Waals surface area contributed by atoms with E-state index >= 15 is 0 Å². The number of fused-ring (bicyclic) bond motifs is 1. The molecule has 0 aliphatic carbocycles. The molecule has 2 saturated heterocycles. The molecule has 5 rings (SSSR count). The molecule has 14 heteroatoms. The van der Waals surface area contributed by atoms with Crippen LogP contribution in [0.15, 0.2) is 48.5 Å². The Labute approximate surface area is 263 Å². The Bertz CT molecular complexity index is 1580. The molecule has 6 atom stereocenters. The molecule has 13 nitrogen and oxygen atoms in total. The fourth-order valence-electron chi connectivity index (χ4n) is 6.31. The van der Waals surface area contributed by atoms with Crippen LogP contribution in [0.1, 0.15) is 56.0 Å². The molecule has 0 saturated carbocycles. The zero-order valence-corrected chi connectivity index (χ0v) is 26.5. The Morgan fingerprint density at radius 3 is 2.49 bits per heavy atom. The molecule has 4 heterocycles. The molecule has 242 valence electrons. The number of thioether (sulfide) groups is 1. The van der Waals surface area contributed by atoms with Gasteiger partial charge in [0.05, 0.1) is 49.4 Å². The molecular weight excluding hydrogens is 606 g/mol. The number of carbonyl (C=O) groups excluding carboxylic acids is 4. The molecule has 3 aliphatic heterocycles. The van der Waals surface area contributed by atoms with E-state index in [9.17, 15) is 29.1 Å². The third-order valence-electron chi connectivity index (χ3n) is 8.36. The van der Waals surface area contributed by atoms with E-state index in [1.165, 1.54) is 22.7 Å². The van der Waals surface area contributed by atoms with Crippen molar-refractivity contribution in [2.75, 3.05) is 25.1 Å². The van der Waals surface area contributed by atoms with Crippen molar-refractivity contribution in [3.63, 3.8) is 0 Å². The van der Waals surface area contributed by atoms with Gasteiger partial charge in [-0.2, -0.15) is 0 Å². The third-order valence-corrected chi connectivity index (χ3v) is 9.86. The number of benzene rings is 1. The number of anilines is 1. The number of carbonyl (C=O) groups is 4. The topological polar surface area (TPSA) is 169 Å². The van der Waals surface area contributed by atoms with Crippen molar-refractivity contribution in [1.29, 1.82) is 0 Å². The van der Waals surface area contributed by atoms with Crippen LogP contribution in [0.25, 0.3) is 0 Å². The number of likely N-dealkylation sites (tertiary alicyclic amines) is 1. The predicted octanol–water partition coefficient (Wildman–Crippen LogP) is 2.66. The van der Waals surface area contributed by atoms with Crippen molar-refractivity contribution < 1.29 is 42.6 Å². The number of nitrogens with one attached hydrogen (secondary N) is 1. The largest absolute Gasteiger partial charge is 0.519 e. The molecule has 2 aromatic rings. The standard InChI is InChI=1S/C31H37N3O10S/c1-6-41-29(38)18-9-8-10-19(11-18)32-27(36)21-12-20(13-33(21)14-22-17(5)43-31(40)44-22)45-26-15(3)24-23(16(4)35)28(37)34(24)25(26)30(39)42-7-2/h8-11,15-16,20-21,23-24,35H,6-7,12-14H2,1-5H3,(H,32,36)/t15-,16-,20+,21+,23-,24-/m1/s1. The van der Waals surface area contributed by atoms with Crippen molar-refractivity contribution in [2.45, 2.75) is 71.0 Å². The second-order valence-electron chi connectivity index (χ2n) is 11.3. The lowest BCUT2D eigenvalue weighted by Crippen LogP contribution is -2.63. The maximum absolute atomic E-state index is 13.7. The Kier molecular flexibility index (Phi) is 9.56. The van der Waals surface area contributed by atoms with Gasteiger partial charge in [0.15, 0.2) is 5.76 Å². The van der Waals surface area contributed by atoms with Crippen molar-refractivity contribution in [2.24, 2.45) is 11.8 Å². The highest BCUT2D eigenvalue weighted by Crippen LogP contribution is 2.52. The molecule has 1 aromatic heterocycles. The van der Waals surface area contributed by atoms with Crippen molar-refractivity contribution in [1.82, 2.24) is 9.80 Å². The van der Waals surface area contributed by atoms with E-state index < -0.39 is 35.8 Å². The number of ether oxygens (including phenoxy) is 2. The number of β-lactam (4-membered cyclic amide) rings is 1. The maximum Gasteiger partial charge on any atom is 0.519 e. The van der Waals surface area contributed by atoms with E-state index in [1.807, 2.05) is 11.8 Å². The third kappa shape index (κ3) is 6.31. The van der Waals surface area contributed by atoms with Crippen LogP contribution in [0, 0.1) is 18.8 Å². The van der Waals surface area contributed by atoms with Crippen molar-refractivity contribution >= 4 is 41.2 Å². The Morgan fingerprint density at radius 1 is 1.13 bits per heavy atom. The first-order valence-electron chi connectivity index (χ1n) is 15.0. The van der Waals surface area contributed by atoms with Gasteiger partial charge in [0.1, 0.15) is 11.5 Å². The Balaban J connectivity index is 1.41. The summed E-state index contributed by atoms with van der Waals surface area (Å²) in [5, 5.41) is 13.0. The number of aliphatic hydroxyl groups excluding tert-OH is 1. The number of amides is 2. The van der Waals surface area contributed by atoms with Gasteiger partial charge in [0.25, 0.3) is 0 Å².